The minimum Gasteiger partial charge on any atom is -0.464 e. The van der Waals surface area contributed by atoms with Crippen LogP contribution in [0.25, 0.3) is 0 Å². The van der Waals surface area contributed by atoms with Crippen LogP contribution in [0.5, 0.6) is 0 Å². The lowest BCUT2D eigenvalue weighted by atomic mass is 9.97. The first kappa shape index (κ1) is 15.3. The van der Waals surface area contributed by atoms with Crippen LogP contribution in [0.1, 0.15) is 31.7 Å². The third-order valence-electron chi connectivity index (χ3n) is 2.42. The Kier molecular flexibility index (Phi) is 5.48. The summed E-state index contributed by atoms with van der Waals surface area (Å²) in [5.41, 5.74) is 0.400. The van der Waals surface area contributed by atoms with Gasteiger partial charge in [0.15, 0.2) is 0 Å². The van der Waals surface area contributed by atoms with Crippen molar-refractivity contribution in [3.05, 3.63) is 35.9 Å². The zero-order valence-corrected chi connectivity index (χ0v) is 12.3. The van der Waals surface area contributed by atoms with E-state index in [1.807, 2.05) is 30.3 Å². The van der Waals surface area contributed by atoms with Gasteiger partial charge in [0.25, 0.3) is 0 Å². The first-order valence-electron chi connectivity index (χ1n) is 5.82. The lowest BCUT2D eigenvalue weighted by molar-refractivity contribution is -0.152. The molecule has 0 aromatic heterocycles. The third kappa shape index (κ3) is 4.51. The van der Waals surface area contributed by atoms with Gasteiger partial charge in [-0.05, 0) is 26.3 Å². The molecule has 1 rings (SSSR count). The van der Waals surface area contributed by atoms with E-state index in [9.17, 15) is 4.79 Å². The second-order valence-electron chi connectivity index (χ2n) is 5.18. The van der Waals surface area contributed by atoms with E-state index >= 15 is 0 Å². The Bertz CT molecular complexity index is 385. The summed E-state index contributed by atoms with van der Waals surface area (Å²) in [4.78, 5) is 11.6. The van der Waals surface area contributed by atoms with E-state index in [4.69, 9.17) is 27.9 Å². The van der Waals surface area contributed by atoms with Gasteiger partial charge in [0.2, 0.25) is 0 Å². The minimum atomic E-state index is -0.523. The Morgan fingerprint density at radius 3 is 2.28 bits per heavy atom. The van der Waals surface area contributed by atoms with Crippen molar-refractivity contribution in [1.29, 1.82) is 0 Å². The number of carbonyl (C=O) groups is 1. The minimum absolute atomic E-state index is 0.112. The van der Waals surface area contributed by atoms with Gasteiger partial charge in [0.05, 0.1) is 16.2 Å². The van der Waals surface area contributed by atoms with Crippen molar-refractivity contribution in [2.75, 3.05) is 6.61 Å². The van der Waals surface area contributed by atoms with Gasteiger partial charge in [0.1, 0.15) is 6.61 Å². The molecule has 0 unspecified atom stereocenters. The molecular weight excluding hydrogens is 271 g/mol. The monoisotopic (exact) mass is 288 g/mol. The zero-order valence-electron chi connectivity index (χ0n) is 10.8. The van der Waals surface area contributed by atoms with Gasteiger partial charge in [-0.25, -0.2) is 0 Å². The van der Waals surface area contributed by atoms with Crippen LogP contribution in [0, 0.1) is 5.41 Å². The smallest absolute Gasteiger partial charge is 0.311 e. The summed E-state index contributed by atoms with van der Waals surface area (Å²) >= 11 is 12.4. The topological polar surface area (TPSA) is 26.3 Å². The SMILES string of the molecule is CC(C)(C)C(=O)OC[C@H](Cl)[C@H](Cl)c1ccccc1. The van der Waals surface area contributed by atoms with Gasteiger partial charge in [-0.1, -0.05) is 30.3 Å². The predicted octanol–water partition coefficient (Wildman–Crippen LogP) is 4.16. The third-order valence-corrected chi connectivity index (χ3v) is 3.48. The molecule has 0 aliphatic heterocycles. The van der Waals surface area contributed by atoms with E-state index in [0.29, 0.717) is 0 Å². The Labute approximate surface area is 118 Å². The van der Waals surface area contributed by atoms with E-state index < -0.39 is 10.8 Å². The van der Waals surface area contributed by atoms with Crippen molar-refractivity contribution in [3.63, 3.8) is 0 Å². The van der Waals surface area contributed by atoms with E-state index in [1.165, 1.54) is 0 Å². The van der Waals surface area contributed by atoms with Crippen LogP contribution in [0.3, 0.4) is 0 Å². The van der Waals surface area contributed by atoms with Gasteiger partial charge in [-0.2, -0.15) is 0 Å². The van der Waals surface area contributed by atoms with E-state index in [-0.39, 0.29) is 18.0 Å². The summed E-state index contributed by atoms with van der Waals surface area (Å²) in [5.74, 6) is -0.273. The molecule has 2 nitrogen and oxygen atoms in total. The molecular formula is C14H18Cl2O2. The van der Waals surface area contributed by atoms with Crippen LogP contribution in [0.4, 0.5) is 0 Å². The Morgan fingerprint density at radius 2 is 1.78 bits per heavy atom. The Balaban J connectivity index is 2.51. The standard InChI is InChI=1S/C14H18Cl2O2/c1-14(2,3)13(17)18-9-11(15)12(16)10-7-5-4-6-8-10/h4-8,11-12H,9H2,1-3H3/t11-,12+/m0/s1. The number of alkyl halides is 2. The van der Waals surface area contributed by atoms with E-state index in [0.717, 1.165) is 5.56 Å². The maximum Gasteiger partial charge on any atom is 0.311 e. The average molecular weight is 289 g/mol. The normalized spacial score (nSPS) is 14.9. The number of halogens is 2. The molecule has 100 valence electrons. The van der Waals surface area contributed by atoms with Gasteiger partial charge in [0, 0.05) is 0 Å². The van der Waals surface area contributed by atoms with Crippen LogP contribution >= 0.6 is 23.2 Å². The highest BCUT2D eigenvalue weighted by molar-refractivity contribution is 6.30. The average Bonchev–Trinajstić information content (AvgIpc) is 2.34. The zero-order chi connectivity index (χ0) is 13.8. The van der Waals surface area contributed by atoms with E-state index in [2.05, 4.69) is 0 Å². The molecule has 0 radical (unpaired) electrons. The number of carbonyl (C=O) groups excluding carboxylic acids is 1. The molecule has 0 bridgehead atoms. The number of rotatable bonds is 4. The molecule has 0 fully saturated rings. The van der Waals surface area contributed by atoms with Gasteiger partial charge in [-0.15, -0.1) is 23.2 Å². The fraction of sp³-hybridized carbons (Fsp3) is 0.500. The molecule has 18 heavy (non-hydrogen) atoms. The molecule has 0 aliphatic carbocycles. The molecule has 1 aromatic rings. The highest BCUT2D eigenvalue weighted by atomic mass is 35.5. The van der Waals surface area contributed by atoms with Crippen molar-refractivity contribution in [3.8, 4) is 0 Å². The van der Waals surface area contributed by atoms with Gasteiger partial charge < -0.3 is 4.74 Å². The quantitative estimate of drug-likeness (QED) is 0.614. The first-order chi connectivity index (χ1) is 8.32. The molecule has 0 saturated heterocycles. The first-order valence-corrected chi connectivity index (χ1v) is 6.70. The molecule has 0 spiro atoms. The fourth-order valence-electron chi connectivity index (χ4n) is 1.30. The Morgan fingerprint density at radius 1 is 1.22 bits per heavy atom. The van der Waals surface area contributed by atoms with Crippen molar-refractivity contribution in [2.45, 2.75) is 31.5 Å². The van der Waals surface area contributed by atoms with Gasteiger partial charge >= 0.3 is 5.97 Å². The van der Waals surface area contributed by atoms with E-state index in [1.54, 1.807) is 20.8 Å². The summed E-state index contributed by atoms with van der Waals surface area (Å²) in [6.07, 6.45) is 0. The summed E-state index contributed by atoms with van der Waals surface area (Å²) in [6, 6.07) is 9.51. The van der Waals surface area contributed by atoms with Crippen molar-refractivity contribution in [2.24, 2.45) is 5.41 Å². The summed E-state index contributed by atoms with van der Waals surface area (Å²) in [5, 5.41) is -0.819. The lowest BCUT2D eigenvalue weighted by Crippen LogP contribution is -2.26. The lowest BCUT2D eigenvalue weighted by Gasteiger charge is -2.20. The fourth-order valence-corrected chi connectivity index (χ4v) is 1.73. The molecule has 0 heterocycles. The summed E-state index contributed by atoms with van der Waals surface area (Å²) in [7, 11) is 0. The largest absolute Gasteiger partial charge is 0.464 e. The molecule has 2 atom stereocenters. The number of benzene rings is 1. The van der Waals surface area contributed by atoms with Gasteiger partial charge in [-0.3, -0.25) is 4.79 Å². The van der Waals surface area contributed by atoms with Crippen LogP contribution in [0.2, 0.25) is 0 Å². The molecule has 0 saturated carbocycles. The van der Waals surface area contributed by atoms with Crippen LogP contribution in [-0.2, 0) is 9.53 Å². The highest BCUT2D eigenvalue weighted by Crippen LogP contribution is 2.28. The molecule has 4 heteroatoms. The van der Waals surface area contributed by atoms with Crippen LogP contribution < -0.4 is 0 Å². The van der Waals surface area contributed by atoms with Crippen LogP contribution in [-0.4, -0.2) is 18.0 Å². The summed E-state index contributed by atoms with van der Waals surface area (Å²) < 4.78 is 5.16. The Hall–Kier alpha value is -0.730. The number of hydrogen-bond acceptors (Lipinski definition) is 2. The molecule has 0 N–H and O–H groups in total. The van der Waals surface area contributed by atoms with Crippen LogP contribution in [0.15, 0.2) is 30.3 Å². The second kappa shape index (κ2) is 6.44. The maximum atomic E-state index is 11.6. The number of esters is 1. The number of hydrogen-bond donors (Lipinski definition) is 0. The molecule has 0 amide bonds. The highest BCUT2D eigenvalue weighted by Gasteiger charge is 2.26. The maximum absolute atomic E-state index is 11.6. The number of ether oxygens (including phenoxy) is 1. The van der Waals surface area contributed by atoms with Crippen molar-refractivity contribution < 1.29 is 9.53 Å². The predicted molar refractivity (Wildman–Crippen MR) is 75.1 cm³/mol. The second-order valence-corrected chi connectivity index (χ2v) is 6.21. The molecule has 1 aromatic carbocycles. The van der Waals surface area contributed by atoms with Crippen molar-refractivity contribution in [1.82, 2.24) is 0 Å². The molecule has 0 aliphatic rings. The van der Waals surface area contributed by atoms with Crippen molar-refractivity contribution >= 4 is 29.2 Å². The summed E-state index contributed by atoms with van der Waals surface area (Å²) in [6.45, 7) is 5.51.